The van der Waals surface area contributed by atoms with Gasteiger partial charge in [0.2, 0.25) is 0 Å². The molecule has 0 radical (unpaired) electrons. The monoisotopic (exact) mass is 182 g/mol. The summed E-state index contributed by atoms with van der Waals surface area (Å²) < 4.78 is 5.47. The SMILES string of the molecule is NCc1nc(CC2CCCO2)n[nH]1. The highest BCUT2D eigenvalue weighted by Gasteiger charge is 2.17. The van der Waals surface area contributed by atoms with E-state index in [1.807, 2.05) is 0 Å². The Morgan fingerprint density at radius 1 is 1.62 bits per heavy atom. The van der Waals surface area contributed by atoms with E-state index in [0.29, 0.717) is 12.6 Å². The highest BCUT2D eigenvalue weighted by molar-refractivity contribution is 4.92. The molecule has 1 aliphatic rings. The van der Waals surface area contributed by atoms with Crippen molar-refractivity contribution in [1.82, 2.24) is 15.2 Å². The molecule has 0 saturated carbocycles. The first kappa shape index (κ1) is 8.65. The first-order chi connectivity index (χ1) is 6.38. The van der Waals surface area contributed by atoms with E-state index < -0.39 is 0 Å². The third-order valence-electron chi connectivity index (χ3n) is 2.21. The number of H-pyrrole nitrogens is 1. The van der Waals surface area contributed by atoms with Crippen molar-refractivity contribution in [2.75, 3.05) is 6.61 Å². The minimum absolute atomic E-state index is 0.307. The molecule has 2 heterocycles. The molecule has 5 heteroatoms. The molecule has 0 aromatic carbocycles. The van der Waals surface area contributed by atoms with E-state index in [4.69, 9.17) is 10.5 Å². The van der Waals surface area contributed by atoms with E-state index in [0.717, 1.165) is 37.5 Å². The van der Waals surface area contributed by atoms with Gasteiger partial charge in [0.15, 0.2) is 5.82 Å². The molecule has 1 atom stereocenters. The number of nitrogens with zero attached hydrogens (tertiary/aromatic N) is 2. The zero-order valence-electron chi connectivity index (χ0n) is 7.49. The fourth-order valence-electron chi connectivity index (χ4n) is 1.53. The molecule has 0 aliphatic carbocycles. The van der Waals surface area contributed by atoms with Crippen LogP contribution in [0.1, 0.15) is 24.5 Å². The summed E-state index contributed by atoms with van der Waals surface area (Å²) in [6, 6.07) is 0. The lowest BCUT2D eigenvalue weighted by atomic mass is 10.2. The number of rotatable bonds is 3. The second kappa shape index (κ2) is 3.85. The first-order valence-corrected chi connectivity index (χ1v) is 4.60. The lowest BCUT2D eigenvalue weighted by Crippen LogP contribution is -2.10. The van der Waals surface area contributed by atoms with E-state index in [2.05, 4.69) is 15.2 Å². The molecule has 1 aromatic rings. The maximum atomic E-state index is 5.47. The molecule has 1 aromatic heterocycles. The summed E-state index contributed by atoms with van der Waals surface area (Å²) in [5.74, 6) is 1.56. The predicted molar refractivity (Wildman–Crippen MR) is 47.0 cm³/mol. The van der Waals surface area contributed by atoms with Gasteiger partial charge in [-0.1, -0.05) is 0 Å². The van der Waals surface area contributed by atoms with E-state index in [1.54, 1.807) is 0 Å². The Balaban J connectivity index is 1.92. The maximum Gasteiger partial charge on any atom is 0.153 e. The fraction of sp³-hybridized carbons (Fsp3) is 0.750. The minimum atomic E-state index is 0.307. The highest BCUT2D eigenvalue weighted by atomic mass is 16.5. The number of aromatic nitrogens is 3. The topological polar surface area (TPSA) is 76.8 Å². The van der Waals surface area contributed by atoms with Crippen molar-refractivity contribution in [2.45, 2.75) is 31.9 Å². The van der Waals surface area contributed by atoms with Crippen molar-refractivity contribution >= 4 is 0 Å². The van der Waals surface area contributed by atoms with Crippen LogP contribution in [0.5, 0.6) is 0 Å². The standard InChI is InChI=1S/C8H14N4O/c9-5-8-10-7(11-12-8)4-6-2-1-3-13-6/h6H,1-5,9H2,(H,10,11,12). The summed E-state index contributed by atoms with van der Waals surface area (Å²) in [6.45, 7) is 1.29. The molecule has 3 N–H and O–H groups in total. The van der Waals surface area contributed by atoms with Gasteiger partial charge in [-0.2, -0.15) is 5.10 Å². The number of ether oxygens (including phenoxy) is 1. The summed E-state index contributed by atoms with van der Waals surface area (Å²) >= 11 is 0. The molecule has 1 fully saturated rings. The van der Waals surface area contributed by atoms with Crippen LogP contribution in [0, 0.1) is 0 Å². The largest absolute Gasteiger partial charge is 0.378 e. The van der Waals surface area contributed by atoms with Gasteiger partial charge in [0.1, 0.15) is 5.82 Å². The Labute approximate surface area is 76.7 Å². The Hall–Kier alpha value is -0.940. The molecular weight excluding hydrogens is 168 g/mol. The lowest BCUT2D eigenvalue weighted by Gasteiger charge is -2.04. The molecule has 0 spiro atoms. The normalized spacial score (nSPS) is 22.4. The van der Waals surface area contributed by atoms with Crippen LogP contribution in [0.4, 0.5) is 0 Å². The van der Waals surface area contributed by atoms with E-state index in [-0.39, 0.29) is 0 Å². The van der Waals surface area contributed by atoms with Crippen LogP contribution in [0.2, 0.25) is 0 Å². The van der Waals surface area contributed by atoms with Crippen molar-refractivity contribution in [1.29, 1.82) is 0 Å². The van der Waals surface area contributed by atoms with Crippen LogP contribution in [-0.2, 0) is 17.7 Å². The van der Waals surface area contributed by atoms with Gasteiger partial charge >= 0.3 is 0 Å². The van der Waals surface area contributed by atoms with Gasteiger partial charge < -0.3 is 10.5 Å². The third kappa shape index (κ3) is 2.05. The molecule has 1 saturated heterocycles. The summed E-state index contributed by atoms with van der Waals surface area (Å²) in [6.07, 6.45) is 3.38. The molecule has 13 heavy (non-hydrogen) atoms. The van der Waals surface area contributed by atoms with Crippen LogP contribution >= 0.6 is 0 Å². The van der Waals surface area contributed by atoms with Crippen molar-refractivity contribution < 1.29 is 4.74 Å². The van der Waals surface area contributed by atoms with Crippen LogP contribution in [0.25, 0.3) is 0 Å². The van der Waals surface area contributed by atoms with Crippen molar-refractivity contribution in [3.05, 3.63) is 11.6 Å². The fourth-order valence-corrected chi connectivity index (χ4v) is 1.53. The van der Waals surface area contributed by atoms with Crippen molar-refractivity contribution in [2.24, 2.45) is 5.73 Å². The molecule has 1 unspecified atom stereocenters. The summed E-state index contributed by atoms with van der Waals surface area (Å²) in [4.78, 5) is 4.22. The number of hydrogen-bond donors (Lipinski definition) is 2. The van der Waals surface area contributed by atoms with Crippen molar-refractivity contribution in [3.63, 3.8) is 0 Å². The van der Waals surface area contributed by atoms with Crippen molar-refractivity contribution in [3.8, 4) is 0 Å². The second-order valence-corrected chi connectivity index (χ2v) is 3.24. The van der Waals surface area contributed by atoms with E-state index >= 15 is 0 Å². The lowest BCUT2D eigenvalue weighted by molar-refractivity contribution is 0.110. The zero-order valence-corrected chi connectivity index (χ0v) is 7.49. The number of hydrogen-bond acceptors (Lipinski definition) is 4. The average Bonchev–Trinajstić information content (AvgIpc) is 2.76. The van der Waals surface area contributed by atoms with Gasteiger partial charge in [0.25, 0.3) is 0 Å². The molecule has 0 bridgehead atoms. The minimum Gasteiger partial charge on any atom is -0.378 e. The zero-order chi connectivity index (χ0) is 9.10. The highest BCUT2D eigenvalue weighted by Crippen LogP contribution is 2.15. The van der Waals surface area contributed by atoms with Crippen LogP contribution < -0.4 is 5.73 Å². The third-order valence-corrected chi connectivity index (χ3v) is 2.21. The van der Waals surface area contributed by atoms with Crippen LogP contribution in [0.15, 0.2) is 0 Å². The molecule has 1 aliphatic heterocycles. The Kier molecular flexibility index (Phi) is 2.56. The van der Waals surface area contributed by atoms with Gasteiger partial charge in [0, 0.05) is 13.0 Å². The average molecular weight is 182 g/mol. The van der Waals surface area contributed by atoms with Gasteiger partial charge in [0.05, 0.1) is 12.6 Å². The molecular formula is C8H14N4O. The molecule has 0 amide bonds. The number of nitrogens with one attached hydrogen (secondary N) is 1. The number of aromatic amines is 1. The van der Waals surface area contributed by atoms with E-state index in [9.17, 15) is 0 Å². The second-order valence-electron chi connectivity index (χ2n) is 3.24. The van der Waals surface area contributed by atoms with Gasteiger partial charge in [-0.05, 0) is 12.8 Å². The molecule has 72 valence electrons. The Bertz CT molecular complexity index is 267. The van der Waals surface area contributed by atoms with Gasteiger partial charge in [-0.15, -0.1) is 0 Å². The summed E-state index contributed by atoms with van der Waals surface area (Å²) in [7, 11) is 0. The summed E-state index contributed by atoms with van der Waals surface area (Å²) in [5.41, 5.74) is 5.41. The van der Waals surface area contributed by atoms with Crippen LogP contribution in [0.3, 0.4) is 0 Å². The first-order valence-electron chi connectivity index (χ1n) is 4.60. The Morgan fingerprint density at radius 3 is 3.15 bits per heavy atom. The van der Waals surface area contributed by atoms with Gasteiger partial charge in [-0.3, -0.25) is 5.10 Å². The smallest absolute Gasteiger partial charge is 0.153 e. The maximum absolute atomic E-state index is 5.47. The van der Waals surface area contributed by atoms with Gasteiger partial charge in [-0.25, -0.2) is 4.98 Å². The Morgan fingerprint density at radius 2 is 2.54 bits per heavy atom. The predicted octanol–water partition coefficient (Wildman–Crippen LogP) is -0.0151. The summed E-state index contributed by atoms with van der Waals surface area (Å²) in [5, 5.41) is 6.84. The molecule has 2 rings (SSSR count). The molecule has 5 nitrogen and oxygen atoms in total. The number of nitrogens with two attached hydrogens (primary N) is 1. The van der Waals surface area contributed by atoms with Crippen LogP contribution in [-0.4, -0.2) is 27.9 Å². The quantitative estimate of drug-likeness (QED) is 0.689. The van der Waals surface area contributed by atoms with E-state index in [1.165, 1.54) is 0 Å².